The number of urea groups is 1. The second kappa shape index (κ2) is 10.8. The Morgan fingerprint density at radius 3 is 2.29 bits per heavy atom. The first-order valence-corrected chi connectivity index (χ1v) is 12.7. The number of carbonyl (C=O) groups excluding carboxylic acids is 2. The number of hydrogen-bond acceptors (Lipinski definition) is 3. The standard InChI is InChI=1S/C28H33N5O2/c34-27(31-17-19-32(20-18-31)28(35)30-24-7-2-1-3-8-24)26-10-5-4-9-25(26)23-13-11-22(12-14-23)21-33-16-6-15-29-33/h4-6,9-16,24H,1-3,7-8,17-21H2,(H,30,35). The maximum Gasteiger partial charge on any atom is 0.317 e. The van der Waals surface area contributed by atoms with Crippen LogP contribution in [0.1, 0.15) is 48.0 Å². The van der Waals surface area contributed by atoms with Crippen molar-refractivity contribution in [1.82, 2.24) is 24.9 Å². The highest BCUT2D eigenvalue weighted by molar-refractivity contribution is 6.01. The van der Waals surface area contributed by atoms with Gasteiger partial charge in [0.2, 0.25) is 0 Å². The molecule has 7 nitrogen and oxygen atoms in total. The zero-order valence-corrected chi connectivity index (χ0v) is 20.1. The molecule has 1 saturated carbocycles. The molecule has 0 bridgehead atoms. The molecular formula is C28H33N5O2. The first-order chi connectivity index (χ1) is 17.2. The third kappa shape index (κ3) is 5.56. The van der Waals surface area contributed by atoms with Gasteiger partial charge >= 0.3 is 6.03 Å². The van der Waals surface area contributed by atoms with Crippen molar-refractivity contribution in [3.63, 3.8) is 0 Å². The van der Waals surface area contributed by atoms with Gasteiger partial charge in [0.05, 0.1) is 6.54 Å². The maximum atomic E-state index is 13.5. The molecule has 0 spiro atoms. The molecule has 0 radical (unpaired) electrons. The molecule has 3 aromatic rings. The van der Waals surface area contributed by atoms with E-state index in [0.717, 1.165) is 29.5 Å². The number of nitrogens with zero attached hydrogens (tertiary/aromatic N) is 4. The van der Waals surface area contributed by atoms with E-state index >= 15 is 0 Å². The van der Waals surface area contributed by atoms with Gasteiger partial charge in [0.25, 0.3) is 5.91 Å². The molecule has 0 unspecified atom stereocenters. The van der Waals surface area contributed by atoms with Crippen molar-refractivity contribution in [2.24, 2.45) is 0 Å². The van der Waals surface area contributed by atoms with Crippen LogP contribution in [0.4, 0.5) is 4.79 Å². The van der Waals surface area contributed by atoms with Crippen LogP contribution >= 0.6 is 0 Å². The van der Waals surface area contributed by atoms with Gasteiger partial charge in [0.15, 0.2) is 0 Å². The fourth-order valence-corrected chi connectivity index (χ4v) is 5.09. The van der Waals surface area contributed by atoms with Crippen LogP contribution in [0.25, 0.3) is 11.1 Å². The lowest BCUT2D eigenvalue weighted by atomic mass is 9.96. The SMILES string of the molecule is O=C(NC1CCCCC1)N1CCN(C(=O)c2ccccc2-c2ccc(Cn3cccn3)cc2)CC1. The summed E-state index contributed by atoms with van der Waals surface area (Å²) in [5.74, 6) is 0.0218. The number of amides is 3. The Morgan fingerprint density at radius 1 is 0.857 bits per heavy atom. The Hall–Kier alpha value is -3.61. The minimum absolute atomic E-state index is 0.0135. The number of nitrogens with one attached hydrogen (secondary N) is 1. The van der Waals surface area contributed by atoms with E-state index in [9.17, 15) is 9.59 Å². The first kappa shape index (κ1) is 23.1. The summed E-state index contributed by atoms with van der Waals surface area (Å²) in [6.45, 7) is 2.94. The molecule has 5 rings (SSSR count). The van der Waals surface area contributed by atoms with Gasteiger partial charge in [-0.1, -0.05) is 61.7 Å². The topological polar surface area (TPSA) is 70.5 Å². The maximum absolute atomic E-state index is 13.5. The molecule has 35 heavy (non-hydrogen) atoms. The van der Waals surface area contributed by atoms with Crippen LogP contribution in [0, 0.1) is 0 Å². The average molecular weight is 472 g/mol. The predicted molar refractivity (Wildman–Crippen MR) is 136 cm³/mol. The zero-order chi connectivity index (χ0) is 24.0. The molecule has 0 atom stereocenters. The van der Waals surface area contributed by atoms with Crippen LogP contribution in [-0.4, -0.2) is 63.7 Å². The van der Waals surface area contributed by atoms with E-state index < -0.39 is 0 Å². The van der Waals surface area contributed by atoms with Crippen LogP contribution < -0.4 is 5.32 Å². The highest BCUT2D eigenvalue weighted by atomic mass is 16.2. The Morgan fingerprint density at radius 2 is 1.57 bits per heavy atom. The van der Waals surface area contributed by atoms with Crippen LogP contribution in [0.3, 0.4) is 0 Å². The highest BCUT2D eigenvalue weighted by Crippen LogP contribution is 2.26. The van der Waals surface area contributed by atoms with Gasteiger partial charge in [-0.25, -0.2) is 4.79 Å². The van der Waals surface area contributed by atoms with Crippen LogP contribution in [0.2, 0.25) is 0 Å². The molecule has 1 aliphatic heterocycles. The van der Waals surface area contributed by atoms with Crippen molar-refractivity contribution in [3.05, 3.63) is 78.1 Å². The molecule has 1 aliphatic carbocycles. The average Bonchev–Trinajstić information content (AvgIpc) is 3.42. The third-order valence-electron chi connectivity index (χ3n) is 7.11. The molecule has 2 fully saturated rings. The monoisotopic (exact) mass is 471 g/mol. The normalized spacial score (nSPS) is 16.8. The minimum atomic E-state index is 0.0135. The molecule has 1 aromatic heterocycles. The predicted octanol–water partition coefficient (Wildman–Crippen LogP) is 4.40. The van der Waals surface area contributed by atoms with Crippen molar-refractivity contribution in [2.45, 2.75) is 44.7 Å². The summed E-state index contributed by atoms with van der Waals surface area (Å²) in [6.07, 6.45) is 9.53. The van der Waals surface area contributed by atoms with Crippen LogP contribution in [0.5, 0.6) is 0 Å². The number of rotatable bonds is 5. The second-order valence-electron chi connectivity index (χ2n) is 9.51. The summed E-state index contributed by atoms with van der Waals surface area (Å²) in [5, 5.41) is 7.46. The van der Waals surface area contributed by atoms with Crippen molar-refractivity contribution >= 4 is 11.9 Å². The Balaban J connectivity index is 1.22. The number of aromatic nitrogens is 2. The quantitative estimate of drug-likeness (QED) is 0.600. The van der Waals surface area contributed by atoms with E-state index in [2.05, 4.69) is 34.7 Å². The Labute approximate surface area is 206 Å². The summed E-state index contributed by atoms with van der Waals surface area (Å²) in [7, 11) is 0. The molecule has 182 valence electrons. The van der Waals surface area contributed by atoms with Gasteiger partial charge in [-0.15, -0.1) is 0 Å². The minimum Gasteiger partial charge on any atom is -0.335 e. The number of carbonyl (C=O) groups is 2. The smallest absolute Gasteiger partial charge is 0.317 e. The van der Waals surface area contributed by atoms with E-state index in [4.69, 9.17) is 0 Å². The molecule has 2 aromatic carbocycles. The highest BCUT2D eigenvalue weighted by Gasteiger charge is 2.27. The van der Waals surface area contributed by atoms with Crippen LogP contribution in [0.15, 0.2) is 67.0 Å². The van der Waals surface area contributed by atoms with Crippen molar-refractivity contribution in [2.75, 3.05) is 26.2 Å². The molecule has 3 amide bonds. The van der Waals surface area contributed by atoms with Gasteiger partial charge in [-0.3, -0.25) is 9.48 Å². The Bertz CT molecular complexity index is 1130. The first-order valence-electron chi connectivity index (χ1n) is 12.7. The number of benzene rings is 2. The van der Waals surface area contributed by atoms with Gasteiger partial charge < -0.3 is 15.1 Å². The second-order valence-corrected chi connectivity index (χ2v) is 9.51. The van der Waals surface area contributed by atoms with Gasteiger partial charge in [-0.05, 0) is 41.7 Å². The van der Waals surface area contributed by atoms with Crippen molar-refractivity contribution < 1.29 is 9.59 Å². The molecule has 1 saturated heterocycles. The van der Waals surface area contributed by atoms with E-state index in [1.54, 1.807) is 6.20 Å². The lowest BCUT2D eigenvalue weighted by Crippen LogP contribution is -2.54. The number of hydrogen-bond donors (Lipinski definition) is 1. The Kier molecular flexibility index (Phi) is 7.12. The third-order valence-corrected chi connectivity index (χ3v) is 7.11. The van der Waals surface area contributed by atoms with Gasteiger partial charge in [-0.2, -0.15) is 5.10 Å². The molecule has 7 heteroatoms. The van der Waals surface area contributed by atoms with Crippen molar-refractivity contribution in [1.29, 1.82) is 0 Å². The summed E-state index contributed by atoms with van der Waals surface area (Å²) in [4.78, 5) is 29.9. The summed E-state index contributed by atoms with van der Waals surface area (Å²) in [6, 6.07) is 18.3. The summed E-state index contributed by atoms with van der Waals surface area (Å²) < 4.78 is 1.89. The van der Waals surface area contributed by atoms with Crippen LogP contribution in [-0.2, 0) is 6.54 Å². The van der Waals surface area contributed by atoms with Gasteiger partial charge in [0.1, 0.15) is 0 Å². The van der Waals surface area contributed by atoms with E-state index in [-0.39, 0.29) is 11.9 Å². The fourth-order valence-electron chi connectivity index (χ4n) is 5.09. The van der Waals surface area contributed by atoms with E-state index in [1.165, 1.54) is 19.3 Å². The van der Waals surface area contributed by atoms with Crippen molar-refractivity contribution in [3.8, 4) is 11.1 Å². The lowest BCUT2D eigenvalue weighted by Gasteiger charge is -2.36. The molecule has 2 aliphatic rings. The summed E-state index contributed by atoms with van der Waals surface area (Å²) in [5.41, 5.74) is 3.81. The molecular weight excluding hydrogens is 438 g/mol. The zero-order valence-electron chi connectivity index (χ0n) is 20.1. The molecule has 1 N–H and O–H groups in total. The molecule has 2 heterocycles. The van der Waals surface area contributed by atoms with E-state index in [1.807, 2.05) is 51.0 Å². The largest absolute Gasteiger partial charge is 0.335 e. The fraction of sp³-hybridized carbons (Fsp3) is 0.393. The lowest BCUT2D eigenvalue weighted by molar-refractivity contribution is 0.0663. The van der Waals surface area contributed by atoms with Gasteiger partial charge in [0, 0.05) is 50.2 Å². The van der Waals surface area contributed by atoms with E-state index in [0.29, 0.717) is 44.3 Å². The summed E-state index contributed by atoms with van der Waals surface area (Å²) >= 11 is 0. The number of piperazine rings is 1.